The fourth-order valence-corrected chi connectivity index (χ4v) is 2.08. The van der Waals surface area contributed by atoms with E-state index in [2.05, 4.69) is 24.3 Å². The minimum absolute atomic E-state index is 0.553. The van der Waals surface area contributed by atoms with Crippen molar-refractivity contribution < 1.29 is 9.47 Å². The van der Waals surface area contributed by atoms with E-state index in [0.717, 1.165) is 17.1 Å². The molecule has 0 saturated heterocycles. The van der Waals surface area contributed by atoms with Gasteiger partial charge in [0.15, 0.2) is 11.5 Å². The van der Waals surface area contributed by atoms with Crippen molar-refractivity contribution in [1.82, 2.24) is 0 Å². The predicted octanol–water partition coefficient (Wildman–Crippen LogP) is 5.48. The van der Waals surface area contributed by atoms with Gasteiger partial charge >= 0.3 is 0 Å². The summed E-state index contributed by atoms with van der Waals surface area (Å²) in [4.78, 5) is 0. The summed E-state index contributed by atoms with van der Waals surface area (Å²) >= 11 is 0. The van der Waals surface area contributed by atoms with Crippen LogP contribution >= 0.6 is 0 Å². The van der Waals surface area contributed by atoms with Crippen LogP contribution in [-0.4, -0.2) is 7.11 Å². The Bertz CT molecular complexity index is 609. The van der Waals surface area contributed by atoms with Gasteiger partial charge in [0.25, 0.3) is 0 Å². The zero-order valence-electron chi connectivity index (χ0n) is 13.6. The van der Waals surface area contributed by atoms with Gasteiger partial charge in [0, 0.05) is 0 Å². The fraction of sp³-hybridized carbons (Fsp3) is 0.300. The first-order chi connectivity index (χ1) is 10.8. The summed E-state index contributed by atoms with van der Waals surface area (Å²) in [5.41, 5.74) is 3.84. The Kier molecular flexibility index (Phi) is 6.08. The Balaban J connectivity index is 0.000000847. The molecule has 1 aliphatic carbocycles. The average molecular weight is 296 g/mol. The minimum atomic E-state index is 0.553. The molecule has 0 heterocycles. The number of benzene rings is 2. The van der Waals surface area contributed by atoms with Crippen LogP contribution in [0.2, 0.25) is 0 Å². The number of allylic oxidation sites excluding steroid dienone is 1. The SMILES string of the molecule is CC.COc1cc(C=C2CC2)ccc1OCc1ccccc1. The van der Waals surface area contributed by atoms with Crippen molar-refractivity contribution in [3.63, 3.8) is 0 Å². The Labute approximate surface area is 133 Å². The smallest absolute Gasteiger partial charge is 0.161 e. The van der Waals surface area contributed by atoms with Gasteiger partial charge in [-0.15, -0.1) is 0 Å². The number of ether oxygens (including phenoxy) is 2. The van der Waals surface area contributed by atoms with E-state index in [-0.39, 0.29) is 0 Å². The normalized spacial score (nSPS) is 12.0. The lowest BCUT2D eigenvalue weighted by Crippen LogP contribution is -1.97. The molecular weight excluding hydrogens is 272 g/mol. The molecule has 0 unspecified atom stereocenters. The molecule has 0 atom stereocenters. The van der Waals surface area contributed by atoms with E-state index in [1.807, 2.05) is 44.2 Å². The summed E-state index contributed by atoms with van der Waals surface area (Å²) in [5.74, 6) is 1.57. The second kappa shape index (κ2) is 8.28. The highest BCUT2D eigenvalue weighted by molar-refractivity contribution is 5.60. The third-order valence-corrected chi connectivity index (χ3v) is 3.33. The van der Waals surface area contributed by atoms with E-state index in [0.29, 0.717) is 6.61 Å². The molecule has 116 valence electrons. The molecule has 1 aliphatic rings. The van der Waals surface area contributed by atoms with Crippen molar-refractivity contribution in [1.29, 1.82) is 0 Å². The lowest BCUT2D eigenvalue weighted by molar-refractivity contribution is 0.284. The molecule has 2 aromatic rings. The van der Waals surface area contributed by atoms with Gasteiger partial charge in [0.1, 0.15) is 6.61 Å². The van der Waals surface area contributed by atoms with Gasteiger partial charge in [-0.05, 0) is 36.1 Å². The van der Waals surface area contributed by atoms with Crippen LogP contribution < -0.4 is 9.47 Å². The Morgan fingerprint density at radius 1 is 0.955 bits per heavy atom. The maximum Gasteiger partial charge on any atom is 0.161 e. The minimum Gasteiger partial charge on any atom is -0.493 e. The summed E-state index contributed by atoms with van der Waals surface area (Å²) in [6.45, 7) is 4.55. The van der Waals surface area contributed by atoms with Crippen molar-refractivity contribution in [3.8, 4) is 11.5 Å². The zero-order chi connectivity index (χ0) is 15.8. The monoisotopic (exact) mass is 296 g/mol. The largest absolute Gasteiger partial charge is 0.493 e. The summed E-state index contributed by atoms with van der Waals surface area (Å²) in [6, 6.07) is 16.2. The lowest BCUT2D eigenvalue weighted by Gasteiger charge is -2.11. The highest BCUT2D eigenvalue weighted by Gasteiger charge is 2.11. The van der Waals surface area contributed by atoms with E-state index in [1.54, 1.807) is 7.11 Å². The topological polar surface area (TPSA) is 18.5 Å². The van der Waals surface area contributed by atoms with Crippen LogP contribution in [0.15, 0.2) is 54.1 Å². The lowest BCUT2D eigenvalue weighted by atomic mass is 10.2. The van der Waals surface area contributed by atoms with Gasteiger partial charge in [-0.3, -0.25) is 0 Å². The van der Waals surface area contributed by atoms with E-state index < -0.39 is 0 Å². The number of rotatable bonds is 5. The molecule has 2 heteroatoms. The second-order valence-corrected chi connectivity index (χ2v) is 4.99. The summed E-state index contributed by atoms with van der Waals surface area (Å²) in [7, 11) is 1.68. The molecule has 3 rings (SSSR count). The van der Waals surface area contributed by atoms with Crippen molar-refractivity contribution in [2.24, 2.45) is 0 Å². The summed E-state index contributed by atoms with van der Waals surface area (Å²) < 4.78 is 11.3. The third-order valence-electron chi connectivity index (χ3n) is 3.33. The van der Waals surface area contributed by atoms with Gasteiger partial charge < -0.3 is 9.47 Å². The van der Waals surface area contributed by atoms with Gasteiger partial charge in [0.05, 0.1) is 7.11 Å². The molecule has 2 aromatic carbocycles. The first-order valence-electron chi connectivity index (χ1n) is 7.89. The molecule has 0 aliphatic heterocycles. The molecular formula is C20H24O2. The quantitative estimate of drug-likeness (QED) is 0.727. The van der Waals surface area contributed by atoms with E-state index in [9.17, 15) is 0 Å². The molecule has 0 radical (unpaired) electrons. The van der Waals surface area contributed by atoms with Gasteiger partial charge in [-0.2, -0.15) is 0 Å². The Morgan fingerprint density at radius 3 is 2.32 bits per heavy atom. The first-order valence-corrected chi connectivity index (χ1v) is 7.89. The first kappa shape index (κ1) is 16.2. The van der Waals surface area contributed by atoms with Crippen molar-refractivity contribution in [3.05, 3.63) is 65.2 Å². The van der Waals surface area contributed by atoms with Crippen LogP contribution in [0.1, 0.15) is 37.8 Å². The van der Waals surface area contributed by atoms with Crippen LogP contribution in [0, 0.1) is 0 Å². The van der Waals surface area contributed by atoms with Crippen LogP contribution in [0.3, 0.4) is 0 Å². The molecule has 0 N–H and O–H groups in total. The number of hydrogen-bond donors (Lipinski definition) is 0. The maximum atomic E-state index is 5.84. The Hall–Kier alpha value is -2.22. The van der Waals surface area contributed by atoms with Crippen molar-refractivity contribution in [2.45, 2.75) is 33.3 Å². The van der Waals surface area contributed by atoms with Crippen LogP contribution in [0.5, 0.6) is 11.5 Å². The van der Waals surface area contributed by atoms with E-state index in [1.165, 1.54) is 24.0 Å². The molecule has 0 amide bonds. The standard InChI is InChI=1S/C18H18O2.C2H6/c1-19-18-12-16(11-14-7-8-14)9-10-17(18)20-13-15-5-3-2-4-6-15;1-2/h2-6,9-12H,7-8,13H2,1H3;1-2H3. The van der Waals surface area contributed by atoms with Gasteiger partial charge in [0.2, 0.25) is 0 Å². The summed E-state index contributed by atoms with van der Waals surface area (Å²) in [6.07, 6.45) is 4.69. The molecule has 1 fully saturated rings. The predicted molar refractivity (Wildman–Crippen MR) is 92.3 cm³/mol. The molecule has 22 heavy (non-hydrogen) atoms. The molecule has 0 bridgehead atoms. The molecule has 0 spiro atoms. The fourth-order valence-electron chi connectivity index (χ4n) is 2.08. The van der Waals surface area contributed by atoms with E-state index >= 15 is 0 Å². The average Bonchev–Trinajstić information content (AvgIpc) is 3.40. The second-order valence-electron chi connectivity index (χ2n) is 4.99. The van der Waals surface area contributed by atoms with Crippen LogP contribution in [-0.2, 0) is 6.61 Å². The van der Waals surface area contributed by atoms with Gasteiger partial charge in [-0.1, -0.05) is 61.9 Å². The van der Waals surface area contributed by atoms with Crippen LogP contribution in [0.4, 0.5) is 0 Å². The number of methoxy groups -OCH3 is 1. The molecule has 2 nitrogen and oxygen atoms in total. The highest BCUT2D eigenvalue weighted by Crippen LogP contribution is 2.33. The van der Waals surface area contributed by atoms with E-state index in [4.69, 9.17) is 9.47 Å². The summed E-state index contributed by atoms with van der Waals surface area (Å²) in [5, 5.41) is 0. The number of hydrogen-bond acceptors (Lipinski definition) is 2. The molecule has 1 saturated carbocycles. The maximum absolute atomic E-state index is 5.84. The van der Waals surface area contributed by atoms with Crippen molar-refractivity contribution >= 4 is 6.08 Å². The van der Waals surface area contributed by atoms with Crippen molar-refractivity contribution in [2.75, 3.05) is 7.11 Å². The Morgan fingerprint density at radius 2 is 1.68 bits per heavy atom. The van der Waals surface area contributed by atoms with Crippen LogP contribution in [0.25, 0.3) is 6.08 Å². The third kappa shape index (κ3) is 4.66. The van der Waals surface area contributed by atoms with Gasteiger partial charge in [-0.25, -0.2) is 0 Å². The highest BCUT2D eigenvalue weighted by atomic mass is 16.5. The zero-order valence-corrected chi connectivity index (χ0v) is 13.6. The molecule has 0 aromatic heterocycles.